The molecular weight excluding hydrogens is 234 g/mol. The van der Waals surface area contributed by atoms with Gasteiger partial charge < -0.3 is 14.7 Å². The Morgan fingerprint density at radius 2 is 1.89 bits per heavy atom. The van der Waals surface area contributed by atoms with Crippen LogP contribution >= 0.6 is 0 Å². The maximum Gasteiger partial charge on any atom is 0.332 e. The van der Waals surface area contributed by atoms with E-state index in [1.807, 2.05) is 4.90 Å². The molecule has 2 fully saturated rings. The summed E-state index contributed by atoms with van der Waals surface area (Å²) in [6, 6.07) is 0.537. The summed E-state index contributed by atoms with van der Waals surface area (Å²) in [7, 11) is 0. The highest BCUT2D eigenvalue weighted by atomic mass is 16.5. The molecule has 0 aliphatic carbocycles. The van der Waals surface area contributed by atoms with E-state index in [2.05, 4.69) is 13.8 Å². The van der Waals surface area contributed by atoms with E-state index in [1.165, 1.54) is 0 Å². The van der Waals surface area contributed by atoms with Gasteiger partial charge in [-0.3, -0.25) is 4.79 Å². The quantitative estimate of drug-likeness (QED) is 0.828. The number of likely N-dealkylation sites (tertiary alicyclic amines) is 1. The van der Waals surface area contributed by atoms with Crippen LogP contribution in [0, 0.1) is 0 Å². The van der Waals surface area contributed by atoms with Crippen molar-refractivity contribution in [2.24, 2.45) is 0 Å². The number of carbonyl (C=O) groups excluding carboxylic acids is 1. The van der Waals surface area contributed by atoms with Crippen molar-refractivity contribution < 1.29 is 19.4 Å². The highest BCUT2D eigenvalue weighted by Gasteiger charge is 2.41. The van der Waals surface area contributed by atoms with E-state index >= 15 is 0 Å². The van der Waals surface area contributed by atoms with Crippen molar-refractivity contribution >= 4 is 11.9 Å². The molecule has 0 aromatic carbocycles. The highest BCUT2D eigenvalue weighted by Crippen LogP contribution is 2.30. The number of ether oxygens (including phenoxy) is 1. The topological polar surface area (TPSA) is 66.8 Å². The maximum absolute atomic E-state index is 12.4. The Balaban J connectivity index is 2.01. The molecule has 1 amide bonds. The van der Waals surface area contributed by atoms with E-state index in [4.69, 9.17) is 9.84 Å². The lowest BCUT2D eigenvalue weighted by atomic mass is 10.1. The first-order valence-corrected chi connectivity index (χ1v) is 6.75. The van der Waals surface area contributed by atoms with E-state index < -0.39 is 18.2 Å². The van der Waals surface area contributed by atoms with Crippen LogP contribution in [0.5, 0.6) is 0 Å². The van der Waals surface area contributed by atoms with Gasteiger partial charge in [-0.2, -0.15) is 0 Å². The van der Waals surface area contributed by atoms with Crippen LogP contribution in [0.15, 0.2) is 0 Å². The number of carboxylic acids is 1. The first-order chi connectivity index (χ1) is 8.54. The van der Waals surface area contributed by atoms with Crippen molar-refractivity contribution in [3.63, 3.8) is 0 Å². The first kappa shape index (κ1) is 13.3. The lowest BCUT2D eigenvalue weighted by Crippen LogP contribution is -2.45. The zero-order valence-electron chi connectivity index (χ0n) is 11.0. The maximum atomic E-state index is 12.4. The number of aliphatic carboxylic acids is 1. The third-order valence-corrected chi connectivity index (χ3v) is 4.08. The summed E-state index contributed by atoms with van der Waals surface area (Å²) >= 11 is 0. The molecule has 2 rings (SSSR count). The Bertz CT molecular complexity index is 344. The zero-order chi connectivity index (χ0) is 13.3. The van der Waals surface area contributed by atoms with Crippen molar-refractivity contribution in [1.29, 1.82) is 0 Å². The summed E-state index contributed by atoms with van der Waals surface area (Å²) in [4.78, 5) is 25.1. The summed E-state index contributed by atoms with van der Waals surface area (Å²) < 4.78 is 5.35. The Labute approximate surface area is 107 Å². The second-order valence-corrected chi connectivity index (χ2v) is 5.26. The van der Waals surface area contributed by atoms with Gasteiger partial charge in [0.2, 0.25) is 0 Å². The van der Waals surface area contributed by atoms with Gasteiger partial charge in [0.1, 0.15) is 6.10 Å². The molecule has 0 bridgehead atoms. The number of hydrogen-bond acceptors (Lipinski definition) is 3. The molecule has 18 heavy (non-hydrogen) atoms. The van der Waals surface area contributed by atoms with E-state index in [0.717, 1.165) is 19.3 Å². The Morgan fingerprint density at radius 1 is 1.22 bits per heavy atom. The lowest BCUT2D eigenvalue weighted by molar-refractivity contribution is -0.155. The summed E-state index contributed by atoms with van der Waals surface area (Å²) in [5.74, 6) is -0.984. The number of nitrogens with zero attached hydrogens (tertiary/aromatic N) is 1. The summed E-state index contributed by atoms with van der Waals surface area (Å²) in [6.07, 6.45) is 2.61. The first-order valence-electron chi connectivity index (χ1n) is 6.75. The van der Waals surface area contributed by atoms with Gasteiger partial charge in [-0.25, -0.2) is 4.79 Å². The molecule has 4 atom stereocenters. The molecule has 2 unspecified atom stereocenters. The van der Waals surface area contributed by atoms with Crippen LogP contribution in [0.1, 0.15) is 46.0 Å². The minimum Gasteiger partial charge on any atom is -0.479 e. The van der Waals surface area contributed by atoms with Gasteiger partial charge in [0, 0.05) is 12.1 Å². The molecule has 0 aromatic heterocycles. The van der Waals surface area contributed by atoms with E-state index in [9.17, 15) is 9.59 Å². The minimum absolute atomic E-state index is 0.0180. The van der Waals surface area contributed by atoms with Crippen molar-refractivity contribution in [2.45, 2.75) is 70.2 Å². The molecule has 1 N–H and O–H groups in total. The molecule has 0 spiro atoms. The van der Waals surface area contributed by atoms with Crippen molar-refractivity contribution in [3.05, 3.63) is 0 Å². The van der Waals surface area contributed by atoms with Crippen molar-refractivity contribution in [3.8, 4) is 0 Å². The Kier molecular flexibility index (Phi) is 3.90. The van der Waals surface area contributed by atoms with Gasteiger partial charge in [-0.15, -0.1) is 0 Å². The lowest BCUT2D eigenvalue weighted by Gasteiger charge is -2.30. The second-order valence-electron chi connectivity index (χ2n) is 5.26. The molecule has 5 heteroatoms. The molecular formula is C13H21NO4. The van der Waals surface area contributed by atoms with Crippen LogP contribution in [-0.4, -0.2) is 46.2 Å². The van der Waals surface area contributed by atoms with Gasteiger partial charge in [-0.1, -0.05) is 6.92 Å². The average Bonchev–Trinajstić information content (AvgIpc) is 2.94. The van der Waals surface area contributed by atoms with Crippen LogP contribution in [0.25, 0.3) is 0 Å². The van der Waals surface area contributed by atoms with E-state index in [1.54, 1.807) is 0 Å². The SMILES string of the molecule is CCC1CCC(C)N1C(=O)[C@@H]1CC[C@H](C(=O)O)O1. The number of rotatable bonds is 3. The average molecular weight is 255 g/mol. The number of carboxylic acid groups (broad SMARTS) is 1. The standard InChI is InChI=1S/C13H21NO4/c1-3-9-5-4-8(2)14(9)12(15)10-6-7-11(18-10)13(16)17/h8-11H,3-7H2,1-2H3,(H,16,17)/t8?,9?,10-,11+/m0/s1. The summed E-state index contributed by atoms with van der Waals surface area (Å²) in [6.45, 7) is 4.13. The van der Waals surface area contributed by atoms with Crippen molar-refractivity contribution in [2.75, 3.05) is 0 Å². The monoisotopic (exact) mass is 255 g/mol. The van der Waals surface area contributed by atoms with E-state index in [0.29, 0.717) is 18.9 Å². The number of amides is 1. The predicted octanol–water partition coefficient (Wildman–Crippen LogP) is 1.41. The van der Waals surface area contributed by atoms with Crippen LogP contribution in [-0.2, 0) is 14.3 Å². The smallest absolute Gasteiger partial charge is 0.332 e. The number of hydrogen-bond donors (Lipinski definition) is 1. The van der Waals surface area contributed by atoms with Crippen molar-refractivity contribution in [1.82, 2.24) is 4.90 Å². The molecule has 0 radical (unpaired) electrons. The highest BCUT2D eigenvalue weighted by molar-refractivity contribution is 5.83. The normalized spacial score (nSPS) is 36.0. The van der Waals surface area contributed by atoms with Crippen LogP contribution < -0.4 is 0 Å². The molecule has 2 aliphatic heterocycles. The third kappa shape index (κ3) is 2.36. The molecule has 102 valence electrons. The molecule has 2 aliphatic rings. The molecule has 2 saturated heterocycles. The van der Waals surface area contributed by atoms with E-state index in [-0.39, 0.29) is 11.9 Å². The summed E-state index contributed by atoms with van der Waals surface area (Å²) in [5.41, 5.74) is 0. The second kappa shape index (κ2) is 5.26. The third-order valence-electron chi connectivity index (χ3n) is 4.08. The molecule has 0 saturated carbocycles. The molecule has 5 nitrogen and oxygen atoms in total. The minimum atomic E-state index is -0.966. The van der Waals surface area contributed by atoms with Crippen LogP contribution in [0.3, 0.4) is 0 Å². The fourth-order valence-electron chi connectivity index (χ4n) is 3.04. The fourth-order valence-corrected chi connectivity index (χ4v) is 3.04. The predicted molar refractivity (Wildman–Crippen MR) is 65.2 cm³/mol. The Hall–Kier alpha value is -1.10. The zero-order valence-corrected chi connectivity index (χ0v) is 11.0. The van der Waals surface area contributed by atoms with Gasteiger partial charge >= 0.3 is 5.97 Å². The van der Waals surface area contributed by atoms with Crippen LogP contribution in [0.4, 0.5) is 0 Å². The largest absolute Gasteiger partial charge is 0.479 e. The Morgan fingerprint density at radius 3 is 2.44 bits per heavy atom. The summed E-state index contributed by atoms with van der Waals surface area (Å²) in [5, 5.41) is 8.88. The van der Waals surface area contributed by atoms with Crippen LogP contribution in [0.2, 0.25) is 0 Å². The van der Waals surface area contributed by atoms with Gasteiger partial charge in [-0.05, 0) is 39.0 Å². The fraction of sp³-hybridized carbons (Fsp3) is 0.846. The molecule has 2 heterocycles. The van der Waals surface area contributed by atoms with Gasteiger partial charge in [0.05, 0.1) is 0 Å². The number of carbonyl (C=O) groups is 2. The van der Waals surface area contributed by atoms with Gasteiger partial charge in [0.15, 0.2) is 6.10 Å². The van der Waals surface area contributed by atoms with Gasteiger partial charge in [0.25, 0.3) is 5.91 Å². The molecule has 0 aromatic rings.